The molecule has 0 aliphatic carbocycles. The summed E-state index contributed by atoms with van der Waals surface area (Å²) in [5, 5.41) is 0. The summed E-state index contributed by atoms with van der Waals surface area (Å²) in [6.07, 6.45) is 0.328. The van der Waals surface area contributed by atoms with Crippen LogP contribution in [0.1, 0.15) is 51.6 Å². The van der Waals surface area contributed by atoms with Gasteiger partial charge in [-0.15, -0.1) is 0 Å². The zero-order chi connectivity index (χ0) is 19.6. The minimum Gasteiger partial charge on any atom is -0.451 e. The molecular weight excluding hydrogens is 342 g/mol. The van der Waals surface area contributed by atoms with Crippen molar-refractivity contribution in [3.8, 4) is 0 Å². The van der Waals surface area contributed by atoms with E-state index >= 15 is 0 Å². The molecule has 27 heavy (non-hydrogen) atoms. The van der Waals surface area contributed by atoms with E-state index < -0.39 is 12.1 Å². The van der Waals surface area contributed by atoms with Crippen LogP contribution in [0.5, 0.6) is 0 Å². The van der Waals surface area contributed by atoms with Crippen molar-refractivity contribution in [1.29, 1.82) is 0 Å². The summed E-state index contributed by atoms with van der Waals surface area (Å²) >= 11 is 0. The number of Topliss-reactive ketones (excluding diaryl/α,β-unsaturated/α-hetero) is 1. The number of aryl methyl sites for hydroxylation is 2. The Morgan fingerprint density at radius 1 is 1.07 bits per heavy atom. The number of hydrogen-bond acceptors (Lipinski definition) is 4. The molecule has 0 spiro atoms. The molecule has 0 unspecified atom stereocenters. The Morgan fingerprint density at radius 2 is 1.81 bits per heavy atom. The molecule has 1 amide bonds. The highest BCUT2D eigenvalue weighted by atomic mass is 16.5. The maximum Gasteiger partial charge on any atom is 0.340 e. The van der Waals surface area contributed by atoms with Crippen molar-refractivity contribution < 1.29 is 19.1 Å². The third-order valence-corrected chi connectivity index (χ3v) is 4.80. The number of hydrogen-bond donors (Lipinski definition) is 0. The van der Waals surface area contributed by atoms with Gasteiger partial charge in [-0.05, 0) is 51.0 Å². The normalized spacial score (nSPS) is 14.9. The van der Waals surface area contributed by atoms with Gasteiger partial charge < -0.3 is 9.64 Å². The average molecular weight is 365 g/mol. The van der Waals surface area contributed by atoms with Gasteiger partial charge in [-0.1, -0.05) is 29.8 Å². The second-order valence-electron chi connectivity index (χ2n) is 6.90. The molecule has 5 nitrogen and oxygen atoms in total. The van der Waals surface area contributed by atoms with Crippen LogP contribution in [0.3, 0.4) is 0 Å². The van der Waals surface area contributed by atoms with Gasteiger partial charge in [0.05, 0.1) is 11.3 Å². The first-order chi connectivity index (χ1) is 12.9. The number of benzene rings is 2. The number of ketones is 1. The Balaban J connectivity index is 1.80. The first-order valence-electron chi connectivity index (χ1n) is 9.10. The van der Waals surface area contributed by atoms with Gasteiger partial charge in [0.1, 0.15) is 0 Å². The standard InChI is InChI=1S/C22H23NO4/c1-14-10-11-15(2)18(13-14)21(25)16(3)27-22(26)17-7-4-5-8-19(17)23-12-6-9-20(23)24/h4-5,7-8,10-11,13,16H,6,9,12H2,1-3H3/t16-/m1/s1. The molecule has 0 bridgehead atoms. The van der Waals surface area contributed by atoms with E-state index in [-0.39, 0.29) is 11.7 Å². The van der Waals surface area contributed by atoms with E-state index in [9.17, 15) is 14.4 Å². The number of carbonyl (C=O) groups is 3. The van der Waals surface area contributed by atoms with E-state index in [1.807, 2.05) is 26.0 Å². The van der Waals surface area contributed by atoms with Gasteiger partial charge in [0.15, 0.2) is 6.10 Å². The van der Waals surface area contributed by atoms with E-state index in [0.29, 0.717) is 29.8 Å². The Labute approximate surface area is 158 Å². The van der Waals surface area contributed by atoms with Crippen LogP contribution < -0.4 is 4.90 Å². The molecule has 2 aromatic rings. The minimum atomic E-state index is -0.916. The molecule has 1 heterocycles. The molecule has 1 aliphatic heterocycles. The number of carbonyl (C=O) groups excluding carboxylic acids is 3. The lowest BCUT2D eigenvalue weighted by atomic mass is 9.99. The molecule has 0 N–H and O–H groups in total. The second kappa shape index (κ2) is 7.74. The molecule has 5 heteroatoms. The summed E-state index contributed by atoms with van der Waals surface area (Å²) in [6.45, 7) is 5.93. The summed E-state index contributed by atoms with van der Waals surface area (Å²) in [7, 11) is 0. The highest BCUT2D eigenvalue weighted by Gasteiger charge is 2.28. The number of anilines is 1. The molecule has 2 aromatic carbocycles. The third-order valence-electron chi connectivity index (χ3n) is 4.80. The number of rotatable bonds is 5. The monoisotopic (exact) mass is 365 g/mol. The van der Waals surface area contributed by atoms with Gasteiger partial charge in [0, 0.05) is 18.5 Å². The number of para-hydroxylation sites is 1. The molecule has 0 aromatic heterocycles. The summed E-state index contributed by atoms with van der Waals surface area (Å²) in [4.78, 5) is 39.1. The van der Waals surface area contributed by atoms with Crippen LogP contribution in [0.4, 0.5) is 5.69 Å². The molecule has 140 valence electrons. The van der Waals surface area contributed by atoms with Gasteiger partial charge in [0.25, 0.3) is 0 Å². The van der Waals surface area contributed by atoms with Crippen molar-refractivity contribution >= 4 is 23.3 Å². The first-order valence-corrected chi connectivity index (χ1v) is 9.10. The molecule has 0 saturated carbocycles. The van der Waals surface area contributed by atoms with Gasteiger partial charge in [0.2, 0.25) is 11.7 Å². The van der Waals surface area contributed by atoms with Gasteiger partial charge in [-0.2, -0.15) is 0 Å². The number of amides is 1. The van der Waals surface area contributed by atoms with Crippen LogP contribution in [-0.2, 0) is 9.53 Å². The van der Waals surface area contributed by atoms with E-state index in [0.717, 1.165) is 17.5 Å². The van der Waals surface area contributed by atoms with Gasteiger partial charge in [-0.3, -0.25) is 9.59 Å². The molecule has 1 fully saturated rings. The number of ether oxygens (including phenoxy) is 1. The molecule has 1 saturated heterocycles. The summed E-state index contributed by atoms with van der Waals surface area (Å²) in [6, 6.07) is 12.5. The van der Waals surface area contributed by atoms with Crippen LogP contribution in [0.25, 0.3) is 0 Å². The molecule has 3 rings (SSSR count). The van der Waals surface area contributed by atoms with Gasteiger partial charge >= 0.3 is 5.97 Å². The quantitative estimate of drug-likeness (QED) is 0.596. The third kappa shape index (κ3) is 3.92. The molecule has 1 aliphatic rings. The maximum absolute atomic E-state index is 12.7. The maximum atomic E-state index is 12.7. The molecular formula is C22H23NO4. The summed E-state index contributed by atoms with van der Waals surface area (Å²) < 4.78 is 5.46. The fraction of sp³-hybridized carbons (Fsp3) is 0.318. The lowest BCUT2D eigenvalue weighted by Gasteiger charge is -2.20. The Kier molecular flexibility index (Phi) is 5.40. The predicted octanol–water partition coefficient (Wildman–Crippen LogP) is 3.86. The van der Waals surface area contributed by atoms with Crippen LogP contribution in [0.2, 0.25) is 0 Å². The Hall–Kier alpha value is -2.95. The fourth-order valence-corrected chi connectivity index (χ4v) is 3.28. The average Bonchev–Trinajstić information content (AvgIpc) is 3.08. The van der Waals surface area contributed by atoms with Crippen LogP contribution in [0.15, 0.2) is 42.5 Å². The Morgan fingerprint density at radius 3 is 2.52 bits per heavy atom. The second-order valence-corrected chi connectivity index (χ2v) is 6.90. The van der Waals surface area contributed by atoms with Crippen molar-refractivity contribution in [2.24, 2.45) is 0 Å². The van der Waals surface area contributed by atoms with Crippen molar-refractivity contribution in [3.05, 3.63) is 64.7 Å². The lowest BCUT2D eigenvalue weighted by molar-refractivity contribution is -0.117. The van der Waals surface area contributed by atoms with Crippen molar-refractivity contribution in [2.75, 3.05) is 11.4 Å². The van der Waals surface area contributed by atoms with E-state index in [1.54, 1.807) is 42.2 Å². The largest absolute Gasteiger partial charge is 0.451 e. The van der Waals surface area contributed by atoms with E-state index in [2.05, 4.69) is 0 Å². The first kappa shape index (κ1) is 18.8. The lowest BCUT2D eigenvalue weighted by Crippen LogP contribution is -2.28. The highest BCUT2D eigenvalue weighted by molar-refractivity contribution is 6.06. The van der Waals surface area contributed by atoms with Gasteiger partial charge in [-0.25, -0.2) is 4.79 Å². The zero-order valence-corrected chi connectivity index (χ0v) is 15.8. The number of nitrogens with zero attached hydrogens (tertiary/aromatic N) is 1. The van der Waals surface area contributed by atoms with Crippen LogP contribution in [-0.4, -0.2) is 30.3 Å². The van der Waals surface area contributed by atoms with E-state index in [1.165, 1.54) is 0 Å². The van der Waals surface area contributed by atoms with Crippen molar-refractivity contribution in [2.45, 2.75) is 39.7 Å². The SMILES string of the molecule is Cc1ccc(C)c(C(=O)[C@@H](C)OC(=O)c2ccccc2N2CCCC2=O)c1. The predicted molar refractivity (Wildman–Crippen MR) is 103 cm³/mol. The van der Waals surface area contributed by atoms with Crippen LogP contribution >= 0.6 is 0 Å². The topological polar surface area (TPSA) is 63.7 Å². The Bertz CT molecular complexity index is 903. The molecule has 0 radical (unpaired) electrons. The highest BCUT2D eigenvalue weighted by Crippen LogP contribution is 2.26. The van der Waals surface area contributed by atoms with Crippen molar-refractivity contribution in [3.63, 3.8) is 0 Å². The number of esters is 1. The summed E-state index contributed by atoms with van der Waals surface area (Å²) in [5.74, 6) is -0.842. The summed E-state index contributed by atoms with van der Waals surface area (Å²) in [5.41, 5.74) is 3.21. The van der Waals surface area contributed by atoms with E-state index in [4.69, 9.17) is 4.74 Å². The molecule has 1 atom stereocenters. The minimum absolute atomic E-state index is 0.00485. The zero-order valence-electron chi connectivity index (χ0n) is 15.8. The van der Waals surface area contributed by atoms with Crippen molar-refractivity contribution in [1.82, 2.24) is 0 Å². The van der Waals surface area contributed by atoms with Crippen LogP contribution in [0, 0.1) is 13.8 Å². The fourth-order valence-electron chi connectivity index (χ4n) is 3.28. The smallest absolute Gasteiger partial charge is 0.340 e.